The number of hydrogen-bond donors (Lipinski definition) is 2. The molecule has 11 nitrogen and oxygen atoms in total. The summed E-state index contributed by atoms with van der Waals surface area (Å²) in [5, 5.41) is 6.39. The fraction of sp³-hybridized carbons (Fsp3) is 0.185. The summed E-state index contributed by atoms with van der Waals surface area (Å²) < 4.78 is 27.1. The fourth-order valence-corrected chi connectivity index (χ4v) is 3.77. The highest BCUT2D eigenvalue weighted by Crippen LogP contribution is 2.38. The number of hydrogen-bond acceptors (Lipinski definition) is 9. The molecule has 3 aromatic rings. The summed E-state index contributed by atoms with van der Waals surface area (Å²) in [5.41, 5.74) is 3.47. The van der Waals surface area contributed by atoms with Gasteiger partial charge in [-0.05, 0) is 64.0 Å². The van der Waals surface area contributed by atoms with Crippen molar-refractivity contribution in [2.24, 2.45) is 5.10 Å². The van der Waals surface area contributed by atoms with E-state index in [9.17, 15) is 14.4 Å². The summed E-state index contributed by atoms with van der Waals surface area (Å²) in [6, 6.07) is 14.6. The first-order valence-corrected chi connectivity index (χ1v) is 12.1. The van der Waals surface area contributed by atoms with Crippen molar-refractivity contribution in [1.29, 1.82) is 0 Å². The Balaban J connectivity index is 1.57. The predicted octanol–water partition coefficient (Wildman–Crippen LogP) is 3.58. The molecular formula is C27H26BrN3O8. The Hall–Kier alpha value is -4.58. The summed E-state index contributed by atoms with van der Waals surface area (Å²) in [6.45, 7) is -0.333. The number of nitrogens with zero attached hydrogens (tertiary/aromatic N) is 1. The zero-order valence-electron chi connectivity index (χ0n) is 21.6. The van der Waals surface area contributed by atoms with Crippen molar-refractivity contribution in [2.45, 2.75) is 0 Å². The quantitative estimate of drug-likeness (QED) is 0.148. The van der Waals surface area contributed by atoms with Crippen molar-refractivity contribution in [3.63, 3.8) is 0 Å². The van der Waals surface area contributed by atoms with E-state index in [1.54, 1.807) is 42.5 Å². The molecule has 0 aliphatic heterocycles. The molecule has 3 rings (SSSR count). The lowest BCUT2D eigenvalue weighted by Crippen LogP contribution is -2.34. The number of hydrazone groups is 1. The van der Waals surface area contributed by atoms with Crippen LogP contribution in [0, 0.1) is 0 Å². The maximum Gasteiger partial charge on any atom is 0.344 e. The lowest BCUT2D eigenvalue weighted by atomic mass is 10.1. The molecule has 204 valence electrons. The van der Waals surface area contributed by atoms with Gasteiger partial charge < -0.3 is 29.0 Å². The largest absolute Gasteiger partial charge is 0.493 e. The van der Waals surface area contributed by atoms with Gasteiger partial charge in [-0.15, -0.1) is 0 Å². The maximum absolute atomic E-state index is 12.5. The van der Waals surface area contributed by atoms with Gasteiger partial charge in [0.15, 0.2) is 23.0 Å². The van der Waals surface area contributed by atoms with E-state index in [-0.39, 0.29) is 17.9 Å². The molecule has 0 fully saturated rings. The lowest BCUT2D eigenvalue weighted by Gasteiger charge is -2.14. The van der Waals surface area contributed by atoms with E-state index >= 15 is 0 Å². The van der Waals surface area contributed by atoms with Crippen LogP contribution in [0.2, 0.25) is 0 Å². The van der Waals surface area contributed by atoms with Crippen molar-refractivity contribution in [3.05, 3.63) is 75.8 Å². The summed E-state index contributed by atoms with van der Waals surface area (Å²) in [4.78, 5) is 37.2. The third kappa shape index (κ3) is 7.48. The predicted molar refractivity (Wildman–Crippen MR) is 146 cm³/mol. The normalized spacial score (nSPS) is 10.5. The van der Waals surface area contributed by atoms with Crippen molar-refractivity contribution < 1.29 is 38.1 Å². The Kier molecular flexibility index (Phi) is 10.3. The monoisotopic (exact) mass is 599 g/mol. The first-order valence-electron chi connectivity index (χ1n) is 11.4. The van der Waals surface area contributed by atoms with Crippen molar-refractivity contribution >= 4 is 39.9 Å². The first kappa shape index (κ1) is 29.0. The van der Waals surface area contributed by atoms with Gasteiger partial charge in [0.05, 0.1) is 46.8 Å². The van der Waals surface area contributed by atoms with E-state index in [0.29, 0.717) is 38.6 Å². The molecule has 0 atom stereocenters. The van der Waals surface area contributed by atoms with Crippen LogP contribution in [0.4, 0.5) is 0 Å². The minimum Gasteiger partial charge on any atom is -0.493 e. The number of carbonyl (C=O) groups is 3. The fourth-order valence-electron chi connectivity index (χ4n) is 3.32. The van der Waals surface area contributed by atoms with Crippen LogP contribution in [-0.4, -0.2) is 59.0 Å². The second kappa shape index (κ2) is 13.8. The molecule has 0 aliphatic carbocycles. The van der Waals surface area contributed by atoms with E-state index in [4.69, 9.17) is 23.7 Å². The van der Waals surface area contributed by atoms with Crippen LogP contribution in [0.15, 0.2) is 64.2 Å². The average molecular weight is 600 g/mol. The molecule has 3 aromatic carbocycles. The molecule has 0 aromatic heterocycles. The Morgan fingerprint density at radius 3 is 2.13 bits per heavy atom. The Labute approximate surface area is 233 Å². The molecule has 2 amide bonds. The van der Waals surface area contributed by atoms with Crippen LogP contribution in [0.3, 0.4) is 0 Å². The summed E-state index contributed by atoms with van der Waals surface area (Å²) in [7, 11) is 5.76. The minimum absolute atomic E-state index is 0.216. The number of methoxy groups -OCH3 is 4. The van der Waals surface area contributed by atoms with Gasteiger partial charge in [0, 0.05) is 10.0 Å². The zero-order valence-corrected chi connectivity index (χ0v) is 23.2. The van der Waals surface area contributed by atoms with Gasteiger partial charge in [0.2, 0.25) is 5.75 Å². The molecule has 0 heterocycles. The van der Waals surface area contributed by atoms with Crippen LogP contribution in [0.5, 0.6) is 28.7 Å². The van der Waals surface area contributed by atoms with Gasteiger partial charge in [-0.2, -0.15) is 5.10 Å². The zero-order chi connectivity index (χ0) is 28.4. The van der Waals surface area contributed by atoms with Crippen molar-refractivity contribution in [2.75, 3.05) is 35.0 Å². The van der Waals surface area contributed by atoms with E-state index in [1.165, 1.54) is 46.8 Å². The molecule has 0 bridgehead atoms. The third-order valence-corrected chi connectivity index (χ3v) is 5.91. The van der Waals surface area contributed by atoms with Gasteiger partial charge in [0.1, 0.15) is 0 Å². The second-order valence-corrected chi connectivity index (χ2v) is 8.52. The number of esters is 1. The Bertz CT molecular complexity index is 1370. The number of benzene rings is 3. The maximum atomic E-state index is 12.5. The molecular weight excluding hydrogens is 574 g/mol. The van der Waals surface area contributed by atoms with Gasteiger partial charge >= 0.3 is 5.97 Å². The van der Waals surface area contributed by atoms with Gasteiger partial charge in [-0.1, -0.05) is 12.1 Å². The second-order valence-electron chi connectivity index (χ2n) is 7.67. The summed E-state index contributed by atoms with van der Waals surface area (Å²) >= 11 is 3.32. The molecule has 0 spiro atoms. The number of rotatable bonds is 11. The summed E-state index contributed by atoms with van der Waals surface area (Å²) in [6.07, 6.45) is 1.38. The van der Waals surface area contributed by atoms with Crippen LogP contribution < -0.4 is 34.4 Å². The highest BCUT2D eigenvalue weighted by molar-refractivity contribution is 9.10. The SMILES string of the molecule is COc1cc(C=NNC(=O)CNC(=O)c2cc(OC)c(OC)c(OC)c2)ccc1OC(=O)c1ccccc1Br. The van der Waals surface area contributed by atoms with Crippen LogP contribution in [0.25, 0.3) is 0 Å². The topological polar surface area (TPSA) is 134 Å². The Morgan fingerprint density at radius 2 is 1.51 bits per heavy atom. The lowest BCUT2D eigenvalue weighted by molar-refractivity contribution is -0.120. The third-order valence-electron chi connectivity index (χ3n) is 5.22. The van der Waals surface area contributed by atoms with E-state index in [2.05, 4.69) is 31.8 Å². The van der Waals surface area contributed by atoms with Gasteiger partial charge in [-0.25, -0.2) is 10.2 Å². The molecule has 2 N–H and O–H groups in total. The van der Waals surface area contributed by atoms with Crippen LogP contribution in [0.1, 0.15) is 26.3 Å². The van der Waals surface area contributed by atoms with E-state index < -0.39 is 17.8 Å². The molecule has 0 radical (unpaired) electrons. The number of amides is 2. The number of halogens is 1. The van der Waals surface area contributed by atoms with Crippen LogP contribution >= 0.6 is 15.9 Å². The van der Waals surface area contributed by atoms with E-state index in [0.717, 1.165) is 0 Å². The number of ether oxygens (including phenoxy) is 5. The summed E-state index contributed by atoms with van der Waals surface area (Å²) in [5.74, 6) is -0.167. The van der Waals surface area contributed by atoms with Gasteiger partial charge in [0.25, 0.3) is 11.8 Å². The highest BCUT2D eigenvalue weighted by atomic mass is 79.9. The molecule has 0 unspecified atom stereocenters. The molecule has 0 saturated carbocycles. The van der Waals surface area contributed by atoms with Crippen molar-refractivity contribution in [1.82, 2.24) is 10.7 Å². The standard InChI is InChI=1S/C27H26BrN3O8/c1-35-21-11-16(9-10-20(21)39-27(34)18-7-5-6-8-19(18)28)14-30-31-24(32)15-29-26(33)17-12-22(36-2)25(38-4)23(13-17)37-3/h5-14H,15H2,1-4H3,(H,29,33)(H,31,32). The Morgan fingerprint density at radius 1 is 0.846 bits per heavy atom. The molecule has 0 saturated heterocycles. The first-order chi connectivity index (χ1) is 18.8. The highest BCUT2D eigenvalue weighted by Gasteiger charge is 2.18. The molecule has 0 aliphatic rings. The number of nitrogens with one attached hydrogen (secondary N) is 2. The smallest absolute Gasteiger partial charge is 0.344 e. The minimum atomic E-state index is -0.557. The van der Waals surface area contributed by atoms with Crippen molar-refractivity contribution in [3.8, 4) is 28.7 Å². The molecule has 39 heavy (non-hydrogen) atoms. The van der Waals surface area contributed by atoms with E-state index in [1.807, 2.05) is 0 Å². The van der Waals surface area contributed by atoms with Gasteiger partial charge in [-0.3, -0.25) is 9.59 Å². The van der Waals surface area contributed by atoms with Crippen LogP contribution in [-0.2, 0) is 4.79 Å². The molecule has 12 heteroatoms. The number of carbonyl (C=O) groups excluding carboxylic acids is 3. The average Bonchev–Trinajstić information content (AvgIpc) is 2.95.